The van der Waals surface area contributed by atoms with E-state index < -0.39 is 6.10 Å². The van der Waals surface area contributed by atoms with Gasteiger partial charge in [0, 0.05) is 32.7 Å². The van der Waals surface area contributed by atoms with E-state index in [-0.39, 0.29) is 5.75 Å². The Labute approximate surface area is 113 Å². The van der Waals surface area contributed by atoms with Gasteiger partial charge in [0.1, 0.15) is 0 Å². The third kappa shape index (κ3) is 3.83. The molecule has 1 aromatic carbocycles. The third-order valence-corrected chi connectivity index (χ3v) is 3.52. The topological polar surface area (TPSA) is 65.0 Å². The first-order chi connectivity index (χ1) is 9.20. The molecule has 1 atom stereocenters. The number of phenols is 1. The number of methoxy groups -OCH3 is 1. The fraction of sp³-hybridized carbons (Fsp3) is 0.571. The Morgan fingerprint density at radius 3 is 2.79 bits per heavy atom. The Hall–Kier alpha value is -1.30. The molecule has 1 heterocycles. The summed E-state index contributed by atoms with van der Waals surface area (Å²) in [5, 5.41) is 23.0. The van der Waals surface area contributed by atoms with E-state index >= 15 is 0 Å². The molecule has 1 unspecified atom stereocenters. The lowest BCUT2D eigenvalue weighted by atomic mass is 10.1. The largest absolute Gasteiger partial charge is 0.504 e. The van der Waals surface area contributed by atoms with Crippen molar-refractivity contribution in [2.45, 2.75) is 12.5 Å². The summed E-state index contributed by atoms with van der Waals surface area (Å²) in [6, 6.07) is 4.99. The van der Waals surface area contributed by atoms with Gasteiger partial charge in [0.05, 0.1) is 13.2 Å². The van der Waals surface area contributed by atoms with Crippen molar-refractivity contribution in [2.75, 3.05) is 39.8 Å². The molecule has 1 aliphatic heterocycles. The standard InChI is InChI=1S/C14H22N2O3/c1-19-14-10-11(2-3-13(14)18)12(17)4-7-16-8-5-15-6-9-16/h2-3,10,12,15,17-18H,4-9H2,1H3. The normalized spacial score (nSPS) is 18.2. The maximum Gasteiger partial charge on any atom is 0.160 e. The number of aromatic hydroxyl groups is 1. The van der Waals surface area contributed by atoms with Crippen molar-refractivity contribution in [1.82, 2.24) is 10.2 Å². The highest BCUT2D eigenvalue weighted by atomic mass is 16.5. The maximum atomic E-state index is 10.2. The number of ether oxygens (including phenoxy) is 1. The van der Waals surface area contributed by atoms with Gasteiger partial charge in [0.2, 0.25) is 0 Å². The number of benzene rings is 1. The van der Waals surface area contributed by atoms with Crippen molar-refractivity contribution in [3.63, 3.8) is 0 Å². The molecule has 19 heavy (non-hydrogen) atoms. The molecule has 0 bridgehead atoms. The Balaban J connectivity index is 1.89. The summed E-state index contributed by atoms with van der Waals surface area (Å²) in [6.07, 6.45) is 0.165. The minimum absolute atomic E-state index is 0.0977. The molecule has 2 rings (SSSR count). The second-order valence-electron chi connectivity index (χ2n) is 4.83. The van der Waals surface area contributed by atoms with Gasteiger partial charge >= 0.3 is 0 Å². The zero-order chi connectivity index (χ0) is 13.7. The highest BCUT2D eigenvalue weighted by Gasteiger charge is 2.14. The van der Waals surface area contributed by atoms with Gasteiger partial charge in [-0.25, -0.2) is 0 Å². The average molecular weight is 266 g/mol. The highest BCUT2D eigenvalue weighted by Crippen LogP contribution is 2.29. The molecule has 1 fully saturated rings. The van der Waals surface area contributed by atoms with Crippen LogP contribution in [-0.4, -0.2) is 54.9 Å². The molecule has 5 nitrogen and oxygen atoms in total. The molecular formula is C14H22N2O3. The monoisotopic (exact) mass is 266 g/mol. The van der Waals surface area contributed by atoms with Crippen LogP contribution < -0.4 is 10.1 Å². The highest BCUT2D eigenvalue weighted by molar-refractivity contribution is 5.42. The minimum Gasteiger partial charge on any atom is -0.504 e. The van der Waals surface area contributed by atoms with Crippen LogP contribution in [-0.2, 0) is 0 Å². The third-order valence-electron chi connectivity index (χ3n) is 3.52. The number of hydrogen-bond acceptors (Lipinski definition) is 5. The van der Waals surface area contributed by atoms with Crippen LogP contribution >= 0.6 is 0 Å². The summed E-state index contributed by atoms with van der Waals surface area (Å²) in [5.74, 6) is 0.499. The lowest BCUT2D eigenvalue weighted by Crippen LogP contribution is -2.44. The first-order valence-electron chi connectivity index (χ1n) is 6.68. The molecule has 3 N–H and O–H groups in total. The number of nitrogens with one attached hydrogen (secondary N) is 1. The summed E-state index contributed by atoms with van der Waals surface area (Å²) in [4.78, 5) is 2.34. The molecule has 0 aromatic heterocycles. The van der Waals surface area contributed by atoms with Crippen LogP contribution in [0.15, 0.2) is 18.2 Å². The number of phenolic OH excluding ortho intramolecular Hbond substituents is 1. The second kappa shape index (κ2) is 6.75. The number of rotatable bonds is 5. The van der Waals surface area contributed by atoms with Crippen molar-refractivity contribution in [3.8, 4) is 11.5 Å². The molecule has 0 saturated carbocycles. The summed E-state index contributed by atoms with van der Waals surface area (Å²) < 4.78 is 5.05. The molecule has 5 heteroatoms. The average Bonchev–Trinajstić information content (AvgIpc) is 2.46. The number of aliphatic hydroxyl groups excluding tert-OH is 1. The molecule has 0 radical (unpaired) electrons. The quantitative estimate of drug-likeness (QED) is 0.733. The van der Waals surface area contributed by atoms with Gasteiger partial charge in [0.15, 0.2) is 11.5 Å². The SMILES string of the molecule is COc1cc(C(O)CCN2CCNCC2)ccc1O. The molecule has 1 aromatic rings. The zero-order valence-electron chi connectivity index (χ0n) is 11.3. The van der Waals surface area contributed by atoms with E-state index in [9.17, 15) is 10.2 Å². The zero-order valence-corrected chi connectivity index (χ0v) is 11.3. The molecule has 0 aliphatic carbocycles. The molecular weight excluding hydrogens is 244 g/mol. The first-order valence-corrected chi connectivity index (χ1v) is 6.68. The van der Waals surface area contributed by atoms with Crippen LogP contribution in [0.3, 0.4) is 0 Å². The van der Waals surface area contributed by atoms with Crippen molar-refractivity contribution in [3.05, 3.63) is 23.8 Å². The summed E-state index contributed by atoms with van der Waals surface area (Å²) in [5.41, 5.74) is 0.782. The molecule has 1 aliphatic rings. The predicted molar refractivity (Wildman–Crippen MR) is 73.5 cm³/mol. The number of nitrogens with zero attached hydrogens (tertiary/aromatic N) is 1. The molecule has 0 spiro atoms. The summed E-state index contributed by atoms with van der Waals surface area (Å²) >= 11 is 0. The van der Waals surface area contributed by atoms with Gasteiger partial charge in [-0.1, -0.05) is 6.07 Å². The minimum atomic E-state index is -0.524. The lowest BCUT2D eigenvalue weighted by Gasteiger charge is -2.28. The number of hydrogen-bond donors (Lipinski definition) is 3. The molecule has 1 saturated heterocycles. The van der Waals surface area contributed by atoms with Gasteiger partial charge in [-0.05, 0) is 24.1 Å². The van der Waals surface area contributed by atoms with Gasteiger partial charge in [-0.3, -0.25) is 0 Å². The Morgan fingerprint density at radius 2 is 2.11 bits per heavy atom. The van der Waals surface area contributed by atoms with Crippen LogP contribution in [0.2, 0.25) is 0 Å². The van der Waals surface area contributed by atoms with Gasteiger partial charge < -0.3 is 25.2 Å². The van der Waals surface area contributed by atoms with Crippen LogP contribution in [0.1, 0.15) is 18.1 Å². The van der Waals surface area contributed by atoms with E-state index in [1.54, 1.807) is 18.2 Å². The van der Waals surface area contributed by atoms with Gasteiger partial charge in [-0.2, -0.15) is 0 Å². The second-order valence-corrected chi connectivity index (χ2v) is 4.83. The Morgan fingerprint density at radius 1 is 1.37 bits per heavy atom. The molecule has 106 valence electrons. The summed E-state index contributed by atoms with van der Waals surface area (Å²) in [6.45, 7) is 4.98. The lowest BCUT2D eigenvalue weighted by molar-refractivity contribution is 0.136. The number of aliphatic hydroxyl groups is 1. The van der Waals surface area contributed by atoms with Crippen LogP contribution in [0.4, 0.5) is 0 Å². The smallest absolute Gasteiger partial charge is 0.160 e. The Bertz CT molecular complexity index is 406. The number of piperazine rings is 1. The van der Waals surface area contributed by atoms with Crippen molar-refractivity contribution in [2.24, 2.45) is 0 Å². The summed E-state index contributed by atoms with van der Waals surface area (Å²) in [7, 11) is 1.51. The van der Waals surface area contributed by atoms with E-state index in [0.717, 1.165) is 38.3 Å². The first kappa shape index (κ1) is 14.1. The van der Waals surface area contributed by atoms with E-state index in [1.165, 1.54) is 7.11 Å². The van der Waals surface area contributed by atoms with Crippen LogP contribution in [0, 0.1) is 0 Å². The molecule has 0 amide bonds. The van der Waals surface area contributed by atoms with E-state index in [4.69, 9.17) is 4.74 Å². The van der Waals surface area contributed by atoms with E-state index in [2.05, 4.69) is 10.2 Å². The maximum absolute atomic E-state index is 10.2. The van der Waals surface area contributed by atoms with Crippen molar-refractivity contribution < 1.29 is 14.9 Å². The Kier molecular flexibility index (Phi) is 5.01. The fourth-order valence-corrected chi connectivity index (χ4v) is 2.31. The van der Waals surface area contributed by atoms with E-state index in [0.29, 0.717) is 12.2 Å². The van der Waals surface area contributed by atoms with Gasteiger partial charge in [0.25, 0.3) is 0 Å². The van der Waals surface area contributed by atoms with Crippen molar-refractivity contribution in [1.29, 1.82) is 0 Å². The van der Waals surface area contributed by atoms with Crippen LogP contribution in [0.5, 0.6) is 11.5 Å². The van der Waals surface area contributed by atoms with E-state index in [1.807, 2.05) is 0 Å². The predicted octanol–water partition coefficient (Wildman–Crippen LogP) is 0.729. The van der Waals surface area contributed by atoms with Gasteiger partial charge in [-0.15, -0.1) is 0 Å². The van der Waals surface area contributed by atoms with Crippen molar-refractivity contribution >= 4 is 0 Å². The fourth-order valence-electron chi connectivity index (χ4n) is 2.31. The van der Waals surface area contributed by atoms with Crippen LogP contribution in [0.25, 0.3) is 0 Å².